The third-order valence-electron chi connectivity index (χ3n) is 4.03. The van der Waals surface area contributed by atoms with Gasteiger partial charge in [-0.3, -0.25) is 5.01 Å². The molecule has 2 nitrogen and oxygen atoms in total. The molecule has 2 heterocycles. The van der Waals surface area contributed by atoms with Crippen molar-refractivity contribution in [1.82, 2.24) is 0 Å². The quantitative estimate of drug-likeness (QED) is 0.625. The summed E-state index contributed by atoms with van der Waals surface area (Å²) < 4.78 is 26.8. The minimum Gasteiger partial charge on any atom is -0.256 e. The molecule has 0 aliphatic carbocycles. The van der Waals surface area contributed by atoms with Crippen LogP contribution in [-0.4, -0.2) is 5.71 Å². The van der Waals surface area contributed by atoms with Crippen molar-refractivity contribution in [3.8, 4) is 0 Å². The van der Waals surface area contributed by atoms with Crippen LogP contribution in [0.15, 0.2) is 71.1 Å². The molecule has 1 aromatic heterocycles. The molecule has 0 saturated heterocycles. The lowest BCUT2D eigenvalue weighted by atomic mass is 10.0. The van der Waals surface area contributed by atoms with E-state index in [0.29, 0.717) is 12.1 Å². The van der Waals surface area contributed by atoms with E-state index in [1.807, 2.05) is 22.5 Å². The molecule has 120 valence electrons. The van der Waals surface area contributed by atoms with Crippen molar-refractivity contribution in [3.05, 3.63) is 88.1 Å². The van der Waals surface area contributed by atoms with E-state index in [4.69, 9.17) is 5.10 Å². The molecule has 1 atom stereocenters. The average molecular weight is 340 g/mol. The maximum absolute atomic E-state index is 13.6. The molecule has 0 unspecified atom stereocenters. The lowest BCUT2D eigenvalue weighted by Crippen LogP contribution is -2.17. The van der Waals surface area contributed by atoms with Crippen molar-refractivity contribution in [2.45, 2.75) is 12.5 Å². The van der Waals surface area contributed by atoms with Crippen LogP contribution in [0.2, 0.25) is 0 Å². The van der Waals surface area contributed by atoms with Crippen LogP contribution in [0.5, 0.6) is 0 Å². The summed E-state index contributed by atoms with van der Waals surface area (Å²) in [4.78, 5) is 1.17. The molecule has 0 amide bonds. The summed E-state index contributed by atoms with van der Waals surface area (Å²) in [7, 11) is 0. The first-order valence-electron chi connectivity index (χ1n) is 7.62. The van der Waals surface area contributed by atoms with Crippen molar-refractivity contribution in [2.24, 2.45) is 5.10 Å². The van der Waals surface area contributed by atoms with Crippen LogP contribution in [0.4, 0.5) is 14.5 Å². The fraction of sp³-hybridized carbons (Fsp3) is 0.105. The van der Waals surface area contributed by atoms with Crippen molar-refractivity contribution in [2.75, 3.05) is 5.01 Å². The number of anilines is 1. The topological polar surface area (TPSA) is 15.6 Å². The summed E-state index contributed by atoms with van der Waals surface area (Å²) in [6.07, 6.45) is 0.697. The number of rotatable bonds is 3. The van der Waals surface area contributed by atoms with Crippen LogP contribution in [-0.2, 0) is 0 Å². The van der Waals surface area contributed by atoms with Gasteiger partial charge in [-0.2, -0.15) is 5.10 Å². The van der Waals surface area contributed by atoms with Gasteiger partial charge in [-0.05, 0) is 47.3 Å². The minimum absolute atomic E-state index is 0.0202. The van der Waals surface area contributed by atoms with E-state index in [1.54, 1.807) is 29.5 Å². The number of hydrogen-bond donors (Lipinski definition) is 0. The van der Waals surface area contributed by atoms with Gasteiger partial charge in [0.1, 0.15) is 11.6 Å². The molecule has 0 N–H and O–H groups in total. The van der Waals surface area contributed by atoms with E-state index in [1.165, 1.54) is 29.1 Å². The summed E-state index contributed by atoms with van der Waals surface area (Å²) in [6.45, 7) is 0. The Morgan fingerprint density at radius 3 is 2.50 bits per heavy atom. The molecule has 0 bridgehead atoms. The van der Waals surface area contributed by atoms with Crippen molar-refractivity contribution in [3.63, 3.8) is 0 Å². The molecule has 4 rings (SSSR count). The van der Waals surface area contributed by atoms with Crippen LogP contribution >= 0.6 is 11.3 Å². The average Bonchev–Trinajstić information content (AvgIpc) is 3.25. The van der Waals surface area contributed by atoms with Gasteiger partial charge in [0.2, 0.25) is 0 Å². The maximum atomic E-state index is 13.6. The number of hydrogen-bond acceptors (Lipinski definition) is 3. The number of thiophene rings is 1. The highest BCUT2D eigenvalue weighted by Gasteiger charge is 2.30. The first-order chi connectivity index (χ1) is 11.7. The smallest absolute Gasteiger partial charge is 0.125 e. The maximum Gasteiger partial charge on any atom is 0.125 e. The predicted molar refractivity (Wildman–Crippen MR) is 93.5 cm³/mol. The Balaban J connectivity index is 1.75. The van der Waals surface area contributed by atoms with E-state index >= 15 is 0 Å². The summed E-state index contributed by atoms with van der Waals surface area (Å²) >= 11 is 1.65. The lowest BCUT2D eigenvalue weighted by Gasteiger charge is -2.22. The lowest BCUT2D eigenvalue weighted by molar-refractivity contribution is 0.624. The van der Waals surface area contributed by atoms with Gasteiger partial charge in [0.15, 0.2) is 0 Å². The van der Waals surface area contributed by atoms with Crippen molar-refractivity contribution < 1.29 is 8.78 Å². The Hall–Kier alpha value is -2.53. The Morgan fingerprint density at radius 1 is 0.958 bits per heavy atom. The first kappa shape index (κ1) is 15.0. The zero-order valence-electron chi connectivity index (χ0n) is 12.7. The molecule has 5 heteroatoms. The van der Waals surface area contributed by atoms with Crippen molar-refractivity contribution in [1.29, 1.82) is 0 Å². The normalized spacial score (nSPS) is 17.2. The fourth-order valence-corrected chi connectivity index (χ4v) is 3.70. The molecular weight excluding hydrogens is 326 g/mol. The third-order valence-corrected chi connectivity index (χ3v) is 5.01. The number of nitrogens with zero attached hydrogens (tertiary/aromatic N) is 2. The summed E-state index contributed by atoms with van der Waals surface area (Å²) in [5, 5.41) is 8.58. The standard InChI is InChI=1S/C19H14F2N2S/c20-14-8-6-13(7-9-14)17-12-18(19-5-2-10-24-19)23(22-17)16-4-1-3-15(21)11-16/h1-11,18H,12H2/t18-/m0/s1. The van der Waals surface area contributed by atoms with Gasteiger partial charge in [0.25, 0.3) is 0 Å². The van der Waals surface area contributed by atoms with E-state index in [0.717, 1.165) is 11.3 Å². The Labute approximate surface area is 142 Å². The van der Waals surface area contributed by atoms with Gasteiger partial charge < -0.3 is 0 Å². The van der Waals surface area contributed by atoms with Gasteiger partial charge in [0, 0.05) is 11.3 Å². The van der Waals surface area contributed by atoms with Gasteiger partial charge in [0.05, 0.1) is 17.4 Å². The molecule has 1 aliphatic rings. The second-order valence-electron chi connectivity index (χ2n) is 5.61. The zero-order valence-corrected chi connectivity index (χ0v) is 13.5. The Kier molecular flexibility index (Phi) is 3.86. The monoisotopic (exact) mass is 340 g/mol. The van der Waals surface area contributed by atoms with Crippen LogP contribution in [0.3, 0.4) is 0 Å². The molecular formula is C19H14F2N2S. The second kappa shape index (κ2) is 6.17. The molecule has 3 aromatic rings. The minimum atomic E-state index is -0.289. The van der Waals surface area contributed by atoms with E-state index in [-0.39, 0.29) is 17.7 Å². The van der Waals surface area contributed by atoms with E-state index < -0.39 is 0 Å². The fourth-order valence-electron chi connectivity index (χ4n) is 2.89. The number of hydrazone groups is 1. The van der Waals surface area contributed by atoms with Gasteiger partial charge >= 0.3 is 0 Å². The highest BCUT2D eigenvalue weighted by molar-refractivity contribution is 7.10. The summed E-state index contributed by atoms with van der Waals surface area (Å²) in [6, 6.07) is 16.8. The van der Waals surface area contributed by atoms with Gasteiger partial charge in [-0.15, -0.1) is 11.3 Å². The second-order valence-corrected chi connectivity index (χ2v) is 6.59. The van der Waals surface area contributed by atoms with Gasteiger partial charge in [-0.25, -0.2) is 8.78 Å². The predicted octanol–water partition coefficient (Wildman–Crippen LogP) is 5.38. The van der Waals surface area contributed by atoms with Crippen LogP contribution in [0.25, 0.3) is 0 Å². The molecule has 0 saturated carbocycles. The number of halogens is 2. The molecule has 2 aromatic carbocycles. The molecule has 0 spiro atoms. The SMILES string of the molecule is Fc1ccc(C2=NN(c3cccc(F)c3)[C@H](c3cccs3)C2)cc1. The van der Waals surface area contributed by atoms with Crippen LogP contribution in [0, 0.1) is 11.6 Å². The Morgan fingerprint density at radius 2 is 1.79 bits per heavy atom. The highest BCUT2D eigenvalue weighted by atomic mass is 32.1. The van der Waals surface area contributed by atoms with Crippen molar-refractivity contribution >= 4 is 22.7 Å². The number of benzene rings is 2. The van der Waals surface area contributed by atoms with Crippen LogP contribution < -0.4 is 5.01 Å². The van der Waals surface area contributed by atoms with Gasteiger partial charge in [-0.1, -0.05) is 24.3 Å². The molecule has 0 fully saturated rings. The van der Waals surface area contributed by atoms with E-state index in [2.05, 4.69) is 6.07 Å². The third kappa shape index (κ3) is 2.83. The Bertz CT molecular complexity index is 873. The van der Waals surface area contributed by atoms with Crippen LogP contribution in [0.1, 0.15) is 22.9 Å². The summed E-state index contributed by atoms with van der Waals surface area (Å²) in [5.74, 6) is -0.558. The first-order valence-corrected chi connectivity index (χ1v) is 8.50. The largest absolute Gasteiger partial charge is 0.256 e. The zero-order chi connectivity index (χ0) is 16.5. The highest BCUT2D eigenvalue weighted by Crippen LogP contribution is 2.38. The molecule has 1 aliphatic heterocycles. The molecule has 0 radical (unpaired) electrons. The van der Waals surface area contributed by atoms with E-state index in [9.17, 15) is 8.78 Å². The molecule has 24 heavy (non-hydrogen) atoms. The summed E-state index contributed by atoms with van der Waals surface area (Å²) in [5.41, 5.74) is 2.47.